The molecule has 0 aliphatic carbocycles. The summed E-state index contributed by atoms with van der Waals surface area (Å²) in [6.07, 6.45) is 1.91. The number of amides is 2. The number of carbonyl (C=O) groups is 1. The first-order chi connectivity index (χ1) is 12.5. The molecule has 0 radical (unpaired) electrons. The molecule has 3 rings (SSSR count). The second-order valence-electron chi connectivity index (χ2n) is 6.92. The van der Waals surface area contributed by atoms with Crippen molar-refractivity contribution in [2.24, 2.45) is 5.92 Å². The Balaban J connectivity index is 1.64. The number of carbonyl (C=O) groups excluding carboxylic acids is 1. The summed E-state index contributed by atoms with van der Waals surface area (Å²) >= 11 is 0. The number of benzene rings is 1. The molecule has 2 saturated heterocycles. The highest BCUT2D eigenvalue weighted by atomic mass is 32.2. The molecule has 0 saturated carbocycles. The van der Waals surface area contributed by atoms with Gasteiger partial charge in [-0.25, -0.2) is 17.5 Å². The number of nitrogens with one attached hydrogen (secondary N) is 1. The minimum Gasteiger partial charge on any atom is -0.497 e. The highest BCUT2D eigenvalue weighted by molar-refractivity contribution is 7.90. The number of urea groups is 1. The van der Waals surface area contributed by atoms with E-state index in [9.17, 15) is 13.2 Å². The molecule has 1 N–H and O–H groups in total. The van der Waals surface area contributed by atoms with Gasteiger partial charge in [0, 0.05) is 33.2 Å². The Morgan fingerprint density at radius 3 is 2.81 bits per heavy atom. The maximum atomic E-state index is 13.0. The average Bonchev–Trinajstić information content (AvgIpc) is 2.79. The molecule has 7 nitrogen and oxygen atoms in total. The first kappa shape index (κ1) is 19.0. The zero-order valence-corrected chi connectivity index (χ0v) is 16.2. The van der Waals surface area contributed by atoms with Crippen LogP contribution in [-0.4, -0.2) is 69.2 Å². The number of ether oxygens (including phenoxy) is 1. The van der Waals surface area contributed by atoms with Gasteiger partial charge in [0.15, 0.2) is 0 Å². The third kappa shape index (κ3) is 3.81. The molecule has 0 spiro atoms. The number of nitrogens with zero attached hydrogens (tertiary/aromatic N) is 2. The predicted molar refractivity (Wildman–Crippen MR) is 99.7 cm³/mol. The fourth-order valence-electron chi connectivity index (χ4n) is 3.96. The number of sulfonamides is 1. The van der Waals surface area contributed by atoms with Crippen LogP contribution in [0.5, 0.6) is 5.75 Å². The van der Waals surface area contributed by atoms with Gasteiger partial charge in [-0.1, -0.05) is 12.1 Å². The van der Waals surface area contributed by atoms with Crippen molar-refractivity contribution in [3.8, 4) is 5.75 Å². The van der Waals surface area contributed by atoms with Crippen molar-refractivity contribution < 1.29 is 17.9 Å². The molecule has 2 fully saturated rings. The van der Waals surface area contributed by atoms with E-state index in [0.717, 1.165) is 17.7 Å². The lowest BCUT2D eigenvalue weighted by Gasteiger charge is -2.21. The minimum absolute atomic E-state index is 0.0972. The Morgan fingerprint density at radius 2 is 2.08 bits per heavy atom. The van der Waals surface area contributed by atoms with E-state index in [0.29, 0.717) is 39.0 Å². The number of likely N-dealkylation sites (tertiary alicyclic amines) is 1. The summed E-state index contributed by atoms with van der Waals surface area (Å²) in [5, 5.41) is 2.25. The van der Waals surface area contributed by atoms with Gasteiger partial charge < -0.3 is 15.0 Å². The topological polar surface area (TPSA) is 79.0 Å². The van der Waals surface area contributed by atoms with Gasteiger partial charge in [0.25, 0.3) is 0 Å². The van der Waals surface area contributed by atoms with Crippen LogP contribution in [0, 0.1) is 5.92 Å². The highest BCUT2D eigenvalue weighted by Gasteiger charge is 2.46. The molecule has 26 heavy (non-hydrogen) atoms. The Hall–Kier alpha value is -1.80. The Labute approximate surface area is 155 Å². The third-order valence-electron chi connectivity index (χ3n) is 5.44. The molecule has 1 aromatic carbocycles. The van der Waals surface area contributed by atoms with E-state index < -0.39 is 10.0 Å². The van der Waals surface area contributed by atoms with E-state index in [1.54, 1.807) is 23.4 Å². The molecule has 2 atom stereocenters. The zero-order valence-electron chi connectivity index (χ0n) is 15.3. The standard InChI is InChI=1S/C18H27N3O4S/c1-19-18(22)20-9-7-15-13-21(26(23,24)17(15)8-10-20)11-6-14-4-3-5-16(12-14)25-2/h3-5,12,15,17H,6-11,13H2,1-2H3,(H,19,22)/t15-,17-/m1/s1. The molecule has 0 aromatic heterocycles. The van der Waals surface area contributed by atoms with Gasteiger partial charge in [0.05, 0.1) is 12.4 Å². The number of hydrogen-bond donors (Lipinski definition) is 1. The molecule has 2 heterocycles. The smallest absolute Gasteiger partial charge is 0.317 e. The van der Waals surface area contributed by atoms with Gasteiger partial charge in [-0.2, -0.15) is 0 Å². The first-order valence-corrected chi connectivity index (χ1v) is 10.5. The highest BCUT2D eigenvalue weighted by Crippen LogP contribution is 2.34. The molecule has 2 amide bonds. The maximum Gasteiger partial charge on any atom is 0.317 e. The van der Waals surface area contributed by atoms with Gasteiger partial charge >= 0.3 is 6.03 Å². The van der Waals surface area contributed by atoms with E-state index in [-0.39, 0.29) is 17.2 Å². The molecule has 144 valence electrons. The van der Waals surface area contributed by atoms with Crippen molar-refractivity contribution in [1.82, 2.24) is 14.5 Å². The largest absolute Gasteiger partial charge is 0.497 e. The third-order valence-corrected chi connectivity index (χ3v) is 7.88. The van der Waals surface area contributed by atoms with E-state index in [2.05, 4.69) is 5.32 Å². The summed E-state index contributed by atoms with van der Waals surface area (Å²) in [6.45, 7) is 2.14. The zero-order chi connectivity index (χ0) is 18.7. The molecule has 1 aromatic rings. The minimum atomic E-state index is -3.31. The second-order valence-corrected chi connectivity index (χ2v) is 9.07. The molecular formula is C18H27N3O4S. The Kier molecular flexibility index (Phi) is 5.72. The van der Waals surface area contributed by atoms with Crippen LogP contribution in [0.25, 0.3) is 0 Å². The van der Waals surface area contributed by atoms with Crippen LogP contribution in [-0.2, 0) is 16.4 Å². The number of methoxy groups -OCH3 is 1. The normalized spacial score (nSPS) is 25.4. The fraction of sp³-hybridized carbons (Fsp3) is 0.611. The van der Waals surface area contributed by atoms with Crippen molar-refractivity contribution in [1.29, 1.82) is 0 Å². The second kappa shape index (κ2) is 7.84. The van der Waals surface area contributed by atoms with E-state index in [1.165, 1.54) is 0 Å². The maximum absolute atomic E-state index is 13.0. The van der Waals surface area contributed by atoms with Crippen molar-refractivity contribution in [3.63, 3.8) is 0 Å². The van der Waals surface area contributed by atoms with Gasteiger partial charge in [0.2, 0.25) is 10.0 Å². The summed E-state index contributed by atoms with van der Waals surface area (Å²) in [5.41, 5.74) is 1.07. The lowest BCUT2D eigenvalue weighted by molar-refractivity contribution is 0.201. The molecule has 0 unspecified atom stereocenters. The van der Waals surface area contributed by atoms with Crippen molar-refractivity contribution >= 4 is 16.1 Å². The molecule has 0 bridgehead atoms. The monoisotopic (exact) mass is 381 g/mol. The first-order valence-electron chi connectivity index (χ1n) is 9.04. The van der Waals surface area contributed by atoms with Gasteiger partial charge in [-0.15, -0.1) is 0 Å². The van der Waals surface area contributed by atoms with Crippen molar-refractivity contribution in [3.05, 3.63) is 29.8 Å². The van der Waals surface area contributed by atoms with Crippen molar-refractivity contribution in [2.75, 3.05) is 40.3 Å². The van der Waals surface area contributed by atoms with Crippen LogP contribution < -0.4 is 10.1 Å². The number of fused-ring (bicyclic) bond motifs is 1. The van der Waals surface area contributed by atoms with Crippen LogP contribution in [0.2, 0.25) is 0 Å². The Morgan fingerprint density at radius 1 is 1.31 bits per heavy atom. The van der Waals surface area contributed by atoms with E-state index >= 15 is 0 Å². The summed E-state index contributed by atoms with van der Waals surface area (Å²) in [4.78, 5) is 13.5. The van der Waals surface area contributed by atoms with Crippen molar-refractivity contribution in [2.45, 2.75) is 24.5 Å². The quantitative estimate of drug-likeness (QED) is 0.853. The van der Waals surface area contributed by atoms with Crippen LogP contribution in [0.1, 0.15) is 18.4 Å². The molecular weight excluding hydrogens is 354 g/mol. The summed E-state index contributed by atoms with van der Waals surface area (Å²) < 4.78 is 32.8. The van der Waals surface area contributed by atoms with Gasteiger partial charge in [0.1, 0.15) is 5.75 Å². The van der Waals surface area contributed by atoms with E-state index in [4.69, 9.17) is 4.74 Å². The number of hydrogen-bond acceptors (Lipinski definition) is 4. The fourth-order valence-corrected chi connectivity index (χ4v) is 6.20. The van der Waals surface area contributed by atoms with E-state index in [1.807, 2.05) is 24.3 Å². The van der Waals surface area contributed by atoms with Crippen LogP contribution >= 0.6 is 0 Å². The lowest BCUT2D eigenvalue weighted by Crippen LogP contribution is -2.39. The number of rotatable bonds is 4. The van der Waals surface area contributed by atoms with Crippen LogP contribution in [0.3, 0.4) is 0 Å². The summed E-state index contributed by atoms with van der Waals surface area (Å²) in [6, 6.07) is 7.61. The Bertz CT molecular complexity index is 753. The van der Waals surface area contributed by atoms with Gasteiger partial charge in [-0.3, -0.25) is 0 Å². The molecule has 8 heteroatoms. The SMILES string of the molecule is CNC(=O)N1CC[C@@H]2CN(CCc3cccc(OC)c3)S(=O)(=O)[C@@H]2CC1. The summed E-state index contributed by atoms with van der Waals surface area (Å²) in [5.74, 6) is 0.881. The van der Waals surface area contributed by atoms with Crippen LogP contribution in [0.15, 0.2) is 24.3 Å². The average molecular weight is 381 g/mol. The molecule has 2 aliphatic heterocycles. The molecule has 2 aliphatic rings. The lowest BCUT2D eigenvalue weighted by atomic mass is 10.0. The summed E-state index contributed by atoms with van der Waals surface area (Å²) in [7, 11) is -0.0822. The van der Waals surface area contributed by atoms with Crippen LogP contribution in [0.4, 0.5) is 4.79 Å². The van der Waals surface area contributed by atoms with Gasteiger partial charge in [-0.05, 0) is 42.9 Å². The predicted octanol–water partition coefficient (Wildman–Crippen LogP) is 1.30.